The Hall–Kier alpha value is -2.51. The largest absolute Gasteiger partial charge is 0.302 e. The lowest BCUT2D eigenvalue weighted by Crippen LogP contribution is -2.17. The molecule has 0 aliphatic heterocycles. The maximum atomic E-state index is 12.4. The summed E-state index contributed by atoms with van der Waals surface area (Å²) >= 11 is 1.32. The third-order valence-corrected chi connectivity index (χ3v) is 7.02. The van der Waals surface area contributed by atoms with Crippen molar-refractivity contribution < 1.29 is 13.2 Å². The highest BCUT2D eigenvalue weighted by molar-refractivity contribution is 7.91. The van der Waals surface area contributed by atoms with Crippen LogP contribution in [0.5, 0.6) is 0 Å². The molecule has 146 valence electrons. The Balaban J connectivity index is 1.61. The van der Waals surface area contributed by atoms with Gasteiger partial charge in [0.05, 0.1) is 16.3 Å². The third kappa shape index (κ3) is 4.85. The molecule has 7 heteroatoms. The van der Waals surface area contributed by atoms with E-state index < -0.39 is 9.84 Å². The van der Waals surface area contributed by atoms with E-state index in [-0.39, 0.29) is 23.0 Å². The number of nitrogens with one attached hydrogen (secondary N) is 1. The standard InChI is InChI=1S/C21H22N2O3S2/c1-14-4-8-18(9-5-14)28(25,26)11-10-20(24)23-21-22-19(13-27-21)17-7-6-15(2)16(3)12-17/h4-9,12-13H,10-11H2,1-3H3,(H,22,23,24). The number of aryl methyl sites for hydroxylation is 3. The minimum atomic E-state index is -3.49. The number of aromatic nitrogens is 1. The number of benzene rings is 2. The van der Waals surface area contributed by atoms with E-state index in [1.807, 2.05) is 31.4 Å². The van der Waals surface area contributed by atoms with Gasteiger partial charge in [-0.3, -0.25) is 4.79 Å². The second-order valence-corrected chi connectivity index (χ2v) is 9.73. The number of hydrogen-bond donors (Lipinski definition) is 1. The summed E-state index contributed by atoms with van der Waals surface area (Å²) in [5, 5.41) is 5.04. The Bertz CT molecular complexity index is 1100. The molecule has 0 fully saturated rings. The first-order valence-corrected chi connectivity index (χ1v) is 11.4. The van der Waals surface area contributed by atoms with Crippen molar-refractivity contribution in [2.75, 3.05) is 11.1 Å². The van der Waals surface area contributed by atoms with E-state index in [9.17, 15) is 13.2 Å². The molecule has 0 spiro atoms. The molecule has 1 amide bonds. The number of sulfone groups is 1. The number of hydrogen-bond acceptors (Lipinski definition) is 5. The van der Waals surface area contributed by atoms with Crippen LogP contribution in [0.25, 0.3) is 11.3 Å². The van der Waals surface area contributed by atoms with Crippen molar-refractivity contribution in [1.82, 2.24) is 4.98 Å². The van der Waals surface area contributed by atoms with Gasteiger partial charge in [-0.05, 0) is 50.1 Å². The number of amides is 1. The molecule has 0 bridgehead atoms. The maximum Gasteiger partial charge on any atom is 0.227 e. The number of nitrogens with zero attached hydrogens (tertiary/aromatic N) is 1. The van der Waals surface area contributed by atoms with Crippen molar-refractivity contribution in [3.05, 3.63) is 64.5 Å². The molecular formula is C21H22N2O3S2. The quantitative estimate of drug-likeness (QED) is 0.643. The molecule has 0 aliphatic rings. The van der Waals surface area contributed by atoms with Gasteiger partial charge < -0.3 is 5.32 Å². The Kier molecular flexibility index (Phi) is 5.96. The molecule has 0 saturated carbocycles. The molecule has 2 aromatic carbocycles. The molecule has 0 radical (unpaired) electrons. The van der Waals surface area contributed by atoms with Crippen molar-refractivity contribution >= 4 is 32.2 Å². The second kappa shape index (κ2) is 8.24. The van der Waals surface area contributed by atoms with E-state index in [1.54, 1.807) is 24.3 Å². The van der Waals surface area contributed by atoms with Gasteiger partial charge in [0, 0.05) is 17.4 Å². The van der Waals surface area contributed by atoms with Crippen molar-refractivity contribution in [2.45, 2.75) is 32.1 Å². The Morgan fingerprint density at radius 3 is 2.43 bits per heavy atom. The van der Waals surface area contributed by atoms with Crippen LogP contribution in [-0.4, -0.2) is 25.1 Å². The van der Waals surface area contributed by atoms with Crippen LogP contribution in [0.3, 0.4) is 0 Å². The number of carbonyl (C=O) groups is 1. The Morgan fingerprint density at radius 1 is 1.04 bits per heavy atom. The number of anilines is 1. The molecule has 3 rings (SSSR count). The van der Waals surface area contributed by atoms with Crippen LogP contribution < -0.4 is 5.32 Å². The van der Waals surface area contributed by atoms with Gasteiger partial charge in [-0.25, -0.2) is 13.4 Å². The molecule has 1 N–H and O–H groups in total. The predicted molar refractivity (Wildman–Crippen MR) is 114 cm³/mol. The lowest BCUT2D eigenvalue weighted by atomic mass is 10.1. The normalized spacial score (nSPS) is 11.4. The molecule has 1 aromatic heterocycles. The highest BCUT2D eigenvalue weighted by Gasteiger charge is 2.17. The van der Waals surface area contributed by atoms with E-state index in [2.05, 4.69) is 23.3 Å². The zero-order valence-corrected chi connectivity index (χ0v) is 17.7. The van der Waals surface area contributed by atoms with E-state index in [0.29, 0.717) is 5.13 Å². The second-order valence-electron chi connectivity index (χ2n) is 6.77. The third-order valence-electron chi connectivity index (χ3n) is 4.53. The zero-order valence-electron chi connectivity index (χ0n) is 16.0. The van der Waals surface area contributed by atoms with Gasteiger partial charge in [0.15, 0.2) is 15.0 Å². The summed E-state index contributed by atoms with van der Waals surface area (Å²) in [6.07, 6.45) is -0.116. The molecular weight excluding hydrogens is 392 g/mol. The summed E-state index contributed by atoms with van der Waals surface area (Å²) in [5.41, 5.74) is 5.15. The van der Waals surface area contributed by atoms with Crippen LogP contribution in [0.2, 0.25) is 0 Å². The fraction of sp³-hybridized carbons (Fsp3) is 0.238. The van der Waals surface area contributed by atoms with Crippen LogP contribution in [0.4, 0.5) is 5.13 Å². The number of rotatable bonds is 6. The molecule has 3 aromatic rings. The fourth-order valence-corrected chi connectivity index (χ4v) is 4.61. The monoisotopic (exact) mass is 414 g/mol. The first-order chi connectivity index (χ1) is 13.2. The minimum Gasteiger partial charge on any atom is -0.302 e. The highest BCUT2D eigenvalue weighted by Crippen LogP contribution is 2.26. The number of carbonyl (C=O) groups excluding carboxylic acids is 1. The number of thiazole rings is 1. The summed E-state index contributed by atoms with van der Waals surface area (Å²) in [6, 6.07) is 12.7. The van der Waals surface area contributed by atoms with Crippen LogP contribution >= 0.6 is 11.3 Å². The van der Waals surface area contributed by atoms with E-state index in [0.717, 1.165) is 16.8 Å². The summed E-state index contributed by atoms with van der Waals surface area (Å²) in [4.78, 5) is 16.9. The van der Waals surface area contributed by atoms with Gasteiger partial charge >= 0.3 is 0 Å². The molecule has 28 heavy (non-hydrogen) atoms. The Labute approximate surface area is 169 Å². The lowest BCUT2D eigenvalue weighted by molar-refractivity contribution is -0.115. The SMILES string of the molecule is Cc1ccc(S(=O)(=O)CCC(=O)Nc2nc(-c3ccc(C)c(C)c3)cs2)cc1. The van der Waals surface area contributed by atoms with Crippen LogP contribution in [-0.2, 0) is 14.6 Å². The first kappa shape index (κ1) is 20.2. The summed E-state index contributed by atoms with van der Waals surface area (Å²) < 4.78 is 24.7. The molecule has 0 unspecified atom stereocenters. The van der Waals surface area contributed by atoms with Crippen LogP contribution in [0, 0.1) is 20.8 Å². The smallest absolute Gasteiger partial charge is 0.227 e. The van der Waals surface area contributed by atoms with Crippen molar-refractivity contribution in [3.8, 4) is 11.3 Å². The van der Waals surface area contributed by atoms with E-state index >= 15 is 0 Å². The maximum absolute atomic E-state index is 12.4. The van der Waals surface area contributed by atoms with E-state index in [1.165, 1.54) is 22.5 Å². The van der Waals surface area contributed by atoms with Crippen molar-refractivity contribution in [1.29, 1.82) is 0 Å². The Morgan fingerprint density at radius 2 is 1.75 bits per heavy atom. The van der Waals surface area contributed by atoms with Crippen molar-refractivity contribution in [2.24, 2.45) is 0 Å². The average molecular weight is 415 g/mol. The van der Waals surface area contributed by atoms with Crippen LogP contribution in [0.1, 0.15) is 23.1 Å². The van der Waals surface area contributed by atoms with Gasteiger partial charge in [-0.15, -0.1) is 11.3 Å². The van der Waals surface area contributed by atoms with Gasteiger partial charge in [0.1, 0.15) is 0 Å². The average Bonchev–Trinajstić information content (AvgIpc) is 3.11. The summed E-state index contributed by atoms with van der Waals surface area (Å²) in [5.74, 6) is -0.603. The summed E-state index contributed by atoms with van der Waals surface area (Å²) in [7, 11) is -3.49. The minimum absolute atomic E-state index is 0.116. The van der Waals surface area contributed by atoms with Gasteiger partial charge in [-0.2, -0.15) is 0 Å². The van der Waals surface area contributed by atoms with Crippen molar-refractivity contribution in [3.63, 3.8) is 0 Å². The van der Waals surface area contributed by atoms with E-state index in [4.69, 9.17) is 0 Å². The lowest BCUT2D eigenvalue weighted by Gasteiger charge is -2.05. The van der Waals surface area contributed by atoms with Crippen LogP contribution in [0.15, 0.2) is 52.7 Å². The summed E-state index contributed by atoms with van der Waals surface area (Å²) in [6.45, 7) is 5.99. The zero-order chi connectivity index (χ0) is 20.3. The van der Waals surface area contributed by atoms with Gasteiger partial charge in [-0.1, -0.05) is 29.8 Å². The predicted octanol–water partition coefficient (Wildman–Crippen LogP) is 4.54. The molecule has 1 heterocycles. The molecule has 0 saturated heterocycles. The topological polar surface area (TPSA) is 76.1 Å². The highest BCUT2D eigenvalue weighted by atomic mass is 32.2. The van der Waals surface area contributed by atoms with Gasteiger partial charge in [0.25, 0.3) is 0 Å². The fourth-order valence-electron chi connectivity index (χ4n) is 2.64. The first-order valence-electron chi connectivity index (χ1n) is 8.87. The van der Waals surface area contributed by atoms with Gasteiger partial charge in [0.2, 0.25) is 5.91 Å². The molecule has 0 atom stereocenters. The molecule has 5 nitrogen and oxygen atoms in total. The molecule has 0 aliphatic carbocycles.